The zero-order valence-electron chi connectivity index (χ0n) is 19.6. The lowest BCUT2D eigenvalue weighted by atomic mass is 10.1. The minimum atomic E-state index is -0.357. The minimum Gasteiger partial charge on any atom is -0.494 e. The van der Waals surface area contributed by atoms with Crippen LogP contribution in [0.4, 0.5) is 5.69 Å². The van der Waals surface area contributed by atoms with Crippen molar-refractivity contribution >= 4 is 28.8 Å². The van der Waals surface area contributed by atoms with Gasteiger partial charge in [0.2, 0.25) is 0 Å². The SMILES string of the molecule is Cc1nc(-c2ccc(OCCCCC(=O)ONc3ccc(/C(N)=N/O)cc3)cc2)c(C(C)C)s1. The van der Waals surface area contributed by atoms with Crippen LogP contribution in [-0.4, -0.2) is 28.6 Å². The number of rotatable bonds is 11. The molecule has 0 bridgehead atoms. The summed E-state index contributed by atoms with van der Waals surface area (Å²) in [7, 11) is 0. The summed E-state index contributed by atoms with van der Waals surface area (Å²) < 4.78 is 5.81. The van der Waals surface area contributed by atoms with Crippen LogP contribution in [0.5, 0.6) is 5.75 Å². The molecular weight excluding hydrogens is 452 g/mol. The third-order valence-corrected chi connectivity index (χ3v) is 6.30. The number of aryl methyl sites for hydroxylation is 1. The van der Waals surface area contributed by atoms with Crippen LogP contribution in [0.25, 0.3) is 11.3 Å². The van der Waals surface area contributed by atoms with Crippen LogP contribution >= 0.6 is 11.3 Å². The average molecular weight is 483 g/mol. The normalized spacial score (nSPS) is 11.5. The van der Waals surface area contributed by atoms with E-state index in [4.69, 9.17) is 25.5 Å². The zero-order valence-corrected chi connectivity index (χ0v) is 20.4. The predicted octanol–water partition coefficient (Wildman–Crippen LogP) is 5.46. The van der Waals surface area contributed by atoms with Gasteiger partial charge in [0.25, 0.3) is 0 Å². The monoisotopic (exact) mass is 482 g/mol. The summed E-state index contributed by atoms with van der Waals surface area (Å²) >= 11 is 1.75. The molecule has 34 heavy (non-hydrogen) atoms. The fourth-order valence-electron chi connectivity index (χ4n) is 3.25. The Kier molecular flexibility index (Phi) is 8.86. The second kappa shape index (κ2) is 12.0. The topological polar surface area (TPSA) is 119 Å². The van der Waals surface area contributed by atoms with Crippen molar-refractivity contribution in [1.82, 2.24) is 4.98 Å². The first kappa shape index (κ1) is 25.0. The third-order valence-electron chi connectivity index (χ3n) is 5.03. The molecule has 0 aliphatic heterocycles. The van der Waals surface area contributed by atoms with Gasteiger partial charge in [-0.25, -0.2) is 15.3 Å². The first-order chi connectivity index (χ1) is 16.4. The van der Waals surface area contributed by atoms with Crippen LogP contribution < -0.4 is 16.0 Å². The molecule has 0 atom stereocenters. The van der Waals surface area contributed by atoms with Gasteiger partial charge in [0.1, 0.15) is 5.75 Å². The van der Waals surface area contributed by atoms with Gasteiger partial charge in [-0.05, 0) is 74.2 Å². The van der Waals surface area contributed by atoms with Crippen molar-refractivity contribution in [2.75, 3.05) is 12.1 Å². The second-order valence-corrected chi connectivity index (χ2v) is 9.30. The van der Waals surface area contributed by atoms with Gasteiger partial charge in [0.15, 0.2) is 5.84 Å². The number of carbonyl (C=O) groups is 1. The molecule has 0 saturated heterocycles. The number of amidine groups is 1. The number of benzene rings is 2. The van der Waals surface area contributed by atoms with Crippen molar-refractivity contribution in [2.45, 2.75) is 46.0 Å². The van der Waals surface area contributed by atoms with Gasteiger partial charge in [-0.2, -0.15) is 0 Å². The summed E-state index contributed by atoms with van der Waals surface area (Å²) in [6, 6.07) is 14.6. The Morgan fingerprint density at radius 2 is 1.85 bits per heavy atom. The van der Waals surface area contributed by atoms with Crippen molar-refractivity contribution in [2.24, 2.45) is 10.9 Å². The molecule has 4 N–H and O–H groups in total. The average Bonchev–Trinajstić information content (AvgIpc) is 3.24. The summed E-state index contributed by atoms with van der Waals surface area (Å²) in [5.41, 5.74) is 11.4. The van der Waals surface area contributed by atoms with Gasteiger partial charge >= 0.3 is 5.97 Å². The molecule has 180 valence electrons. The van der Waals surface area contributed by atoms with E-state index >= 15 is 0 Å². The lowest BCUT2D eigenvalue weighted by molar-refractivity contribution is -0.140. The smallest absolute Gasteiger partial charge is 0.332 e. The molecule has 1 aromatic heterocycles. The van der Waals surface area contributed by atoms with Crippen LogP contribution in [0.3, 0.4) is 0 Å². The maximum absolute atomic E-state index is 11.9. The molecule has 0 aliphatic rings. The number of oxime groups is 1. The van der Waals surface area contributed by atoms with Crippen LogP contribution in [0, 0.1) is 6.92 Å². The van der Waals surface area contributed by atoms with Crippen molar-refractivity contribution in [3.05, 3.63) is 64.0 Å². The summed E-state index contributed by atoms with van der Waals surface area (Å²) in [5, 5.41) is 12.7. The van der Waals surface area contributed by atoms with E-state index in [1.54, 1.807) is 35.6 Å². The number of ether oxygens (including phenoxy) is 1. The van der Waals surface area contributed by atoms with Crippen molar-refractivity contribution in [3.63, 3.8) is 0 Å². The summed E-state index contributed by atoms with van der Waals surface area (Å²) in [6.07, 6.45) is 1.66. The first-order valence-electron chi connectivity index (χ1n) is 11.1. The predicted molar refractivity (Wildman–Crippen MR) is 134 cm³/mol. The number of carbonyl (C=O) groups excluding carboxylic acids is 1. The van der Waals surface area contributed by atoms with Gasteiger partial charge in [0, 0.05) is 22.4 Å². The largest absolute Gasteiger partial charge is 0.494 e. The molecule has 8 nitrogen and oxygen atoms in total. The molecule has 0 aliphatic carbocycles. The molecule has 9 heteroatoms. The molecule has 3 aromatic rings. The maximum atomic E-state index is 11.9. The van der Waals surface area contributed by atoms with Crippen LogP contribution in [0.1, 0.15) is 54.5 Å². The number of aromatic nitrogens is 1. The summed E-state index contributed by atoms with van der Waals surface area (Å²) in [6.45, 7) is 6.92. The number of hydrogen-bond acceptors (Lipinski definition) is 8. The van der Waals surface area contributed by atoms with E-state index in [9.17, 15) is 4.79 Å². The summed E-state index contributed by atoms with van der Waals surface area (Å²) in [5.74, 6) is 0.882. The Bertz CT molecular complexity index is 1110. The number of thiazole rings is 1. The third kappa shape index (κ3) is 6.95. The van der Waals surface area contributed by atoms with E-state index in [-0.39, 0.29) is 18.2 Å². The Hall–Kier alpha value is -3.59. The van der Waals surface area contributed by atoms with Gasteiger partial charge in [-0.1, -0.05) is 19.0 Å². The van der Waals surface area contributed by atoms with Gasteiger partial charge in [-0.15, -0.1) is 11.3 Å². The van der Waals surface area contributed by atoms with Crippen molar-refractivity contribution in [3.8, 4) is 17.0 Å². The first-order valence-corrected chi connectivity index (χ1v) is 11.9. The van der Waals surface area contributed by atoms with Gasteiger partial charge in [0.05, 0.1) is 23.0 Å². The van der Waals surface area contributed by atoms with Gasteiger partial charge in [-0.3, -0.25) is 0 Å². The molecule has 0 fully saturated rings. The fraction of sp³-hybridized carbons (Fsp3) is 0.320. The number of nitrogens with two attached hydrogens (primary N) is 1. The number of hydrogen-bond donors (Lipinski definition) is 3. The standard InChI is InChI=1S/C25H30N4O4S/c1-16(2)24-23(27-17(3)34-24)18-9-13-21(14-10-18)32-15-5-4-6-22(30)33-29-20-11-7-19(8-12-20)25(26)28-31/h7-14,16,29,31H,4-6,15H2,1-3H3,(H2,26,28). The minimum absolute atomic E-state index is 0.0107. The highest BCUT2D eigenvalue weighted by atomic mass is 32.1. The molecule has 3 rings (SSSR count). The van der Waals surface area contributed by atoms with E-state index in [0.29, 0.717) is 30.2 Å². The van der Waals surface area contributed by atoms with E-state index in [1.165, 1.54) is 4.88 Å². The molecule has 0 saturated carbocycles. The Labute approximate surface area is 203 Å². The highest BCUT2D eigenvalue weighted by Gasteiger charge is 2.14. The Morgan fingerprint density at radius 3 is 2.50 bits per heavy atom. The molecule has 0 spiro atoms. The lowest BCUT2D eigenvalue weighted by Gasteiger charge is -2.09. The van der Waals surface area contributed by atoms with E-state index in [0.717, 1.165) is 28.4 Å². The number of anilines is 1. The van der Waals surface area contributed by atoms with Crippen LogP contribution in [-0.2, 0) is 9.63 Å². The molecule has 1 heterocycles. The molecule has 0 radical (unpaired) electrons. The van der Waals surface area contributed by atoms with Crippen molar-refractivity contribution in [1.29, 1.82) is 0 Å². The second-order valence-electron chi connectivity index (χ2n) is 8.07. The number of nitrogens with one attached hydrogen (secondary N) is 1. The van der Waals surface area contributed by atoms with Crippen molar-refractivity contribution < 1.29 is 19.6 Å². The number of nitrogens with zero attached hydrogens (tertiary/aromatic N) is 2. The van der Waals surface area contributed by atoms with E-state index in [1.807, 2.05) is 31.2 Å². The van der Waals surface area contributed by atoms with Crippen LogP contribution in [0.2, 0.25) is 0 Å². The maximum Gasteiger partial charge on any atom is 0.332 e. The zero-order chi connectivity index (χ0) is 24.5. The van der Waals surface area contributed by atoms with Crippen LogP contribution in [0.15, 0.2) is 53.7 Å². The molecule has 2 aromatic carbocycles. The highest BCUT2D eigenvalue weighted by Crippen LogP contribution is 2.34. The molecular formula is C25H30N4O4S. The quantitative estimate of drug-likeness (QED) is 0.109. The van der Waals surface area contributed by atoms with E-state index in [2.05, 4.69) is 24.5 Å². The highest BCUT2D eigenvalue weighted by molar-refractivity contribution is 7.12. The summed E-state index contributed by atoms with van der Waals surface area (Å²) in [4.78, 5) is 23.0. The Balaban J connectivity index is 1.36. The fourth-order valence-corrected chi connectivity index (χ4v) is 4.20. The Morgan fingerprint density at radius 1 is 1.15 bits per heavy atom. The molecule has 0 amide bonds. The number of unbranched alkanes of at least 4 members (excludes halogenated alkanes) is 1. The van der Waals surface area contributed by atoms with E-state index < -0.39 is 0 Å². The van der Waals surface area contributed by atoms with Gasteiger partial charge < -0.3 is 20.5 Å². The lowest BCUT2D eigenvalue weighted by Crippen LogP contribution is -2.13. The molecule has 0 unspecified atom stereocenters.